The van der Waals surface area contributed by atoms with Crippen molar-refractivity contribution in [3.05, 3.63) is 50.0 Å². The van der Waals surface area contributed by atoms with E-state index in [1.54, 1.807) is 6.08 Å². The summed E-state index contributed by atoms with van der Waals surface area (Å²) in [5.74, 6) is -0.0379. The zero-order valence-electron chi connectivity index (χ0n) is 10.6. The highest BCUT2D eigenvalue weighted by molar-refractivity contribution is 6.42. The minimum absolute atomic E-state index is 0.0379. The van der Waals surface area contributed by atoms with Gasteiger partial charge >= 0.3 is 0 Å². The van der Waals surface area contributed by atoms with Crippen LogP contribution in [-0.2, 0) is 0 Å². The van der Waals surface area contributed by atoms with E-state index in [0.717, 1.165) is 11.3 Å². The standard InChI is InChI=1S/C14H13Cl4N/c1-19(2)8-3-4-11(15)9(5-8)10-6-13(17)14(18)7-12(10)16/h3-5,7,10H,6H2,1-2H3. The highest BCUT2D eigenvalue weighted by atomic mass is 35.5. The highest BCUT2D eigenvalue weighted by Gasteiger charge is 2.24. The zero-order chi connectivity index (χ0) is 14.2. The van der Waals surface area contributed by atoms with Crippen LogP contribution in [0.15, 0.2) is 39.4 Å². The van der Waals surface area contributed by atoms with Crippen LogP contribution in [0.2, 0.25) is 5.02 Å². The van der Waals surface area contributed by atoms with Crippen LogP contribution in [0.1, 0.15) is 17.9 Å². The molecule has 0 amide bonds. The molecule has 102 valence electrons. The van der Waals surface area contributed by atoms with Crippen molar-refractivity contribution in [3.8, 4) is 0 Å². The maximum absolute atomic E-state index is 6.29. The van der Waals surface area contributed by atoms with Gasteiger partial charge in [0, 0.05) is 40.8 Å². The average molecular weight is 337 g/mol. The van der Waals surface area contributed by atoms with E-state index >= 15 is 0 Å². The molecule has 1 atom stereocenters. The topological polar surface area (TPSA) is 3.24 Å². The second kappa shape index (κ2) is 5.97. The van der Waals surface area contributed by atoms with Gasteiger partial charge in [-0.1, -0.05) is 46.4 Å². The van der Waals surface area contributed by atoms with Crippen molar-refractivity contribution in [2.75, 3.05) is 19.0 Å². The van der Waals surface area contributed by atoms with Crippen molar-refractivity contribution >= 4 is 52.1 Å². The van der Waals surface area contributed by atoms with Crippen LogP contribution >= 0.6 is 46.4 Å². The molecular formula is C14H13Cl4N. The lowest BCUT2D eigenvalue weighted by Gasteiger charge is -2.23. The number of rotatable bonds is 2. The van der Waals surface area contributed by atoms with E-state index in [4.69, 9.17) is 46.4 Å². The number of anilines is 1. The second-order valence-electron chi connectivity index (χ2n) is 4.64. The third-order valence-corrected chi connectivity index (χ3v) is 4.62. The van der Waals surface area contributed by atoms with Gasteiger partial charge < -0.3 is 4.90 Å². The summed E-state index contributed by atoms with van der Waals surface area (Å²) < 4.78 is 0. The summed E-state index contributed by atoms with van der Waals surface area (Å²) in [7, 11) is 3.96. The van der Waals surface area contributed by atoms with Crippen LogP contribution in [0.3, 0.4) is 0 Å². The predicted molar refractivity (Wildman–Crippen MR) is 85.8 cm³/mol. The maximum atomic E-state index is 6.29. The van der Waals surface area contributed by atoms with Gasteiger partial charge in [0.05, 0.1) is 5.03 Å². The Morgan fingerprint density at radius 2 is 1.79 bits per heavy atom. The molecule has 1 nitrogen and oxygen atoms in total. The Morgan fingerprint density at radius 1 is 1.11 bits per heavy atom. The summed E-state index contributed by atoms with van der Waals surface area (Å²) in [5, 5.41) is 2.46. The molecule has 0 radical (unpaired) electrons. The van der Waals surface area contributed by atoms with E-state index in [2.05, 4.69) is 0 Å². The smallest absolute Gasteiger partial charge is 0.0563 e. The molecule has 1 aliphatic rings. The van der Waals surface area contributed by atoms with Gasteiger partial charge in [-0.15, -0.1) is 0 Å². The molecule has 2 rings (SSSR count). The summed E-state index contributed by atoms with van der Waals surface area (Å²) in [4.78, 5) is 2.02. The van der Waals surface area contributed by atoms with E-state index in [-0.39, 0.29) is 5.92 Å². The van der Waals surface area contributed by atoms with Gasteiger partial charge in [0.25, 0.3) is 0 Å². The van der Waals surface area contributed by atoms with Crippen molar-refractivity contribution in [3.63, 3.8) is 0 Å². The summed E-state index contributed by atoms with van der Waals surface area (Å²) in [5.41, 5.74) is 2.04. The van der Waals surface area contributed by atoms with Gasteiger partial charge in [0.1, 0.15) is 0 Å². The lowest BCUT2D eigenvalue weighted by Crippen LogP contribution is -2.11. The van der Waals surface area contributed by atoms with Crippen LogP contribution in [-0.4, -0.2) is 14.1 Å². The molecular weight excluding hydrogens is 324 g/mol. The molecule has 0 heterocycles. The van der Waals surface area contributed by atoms with Crippen LogP contribution < -0.4 is 4.90 Å². The van der Waals surface area contributed by atoms with Gasteiger partial charge in [-0.3, -0.25) is 0 Å². The molecule has 1 aromatic rings. The fraction of sp³-hybridized carbons (Fsp3) is 0.286. The molecule has 19 heavy (non-hydrogen) atoms. The van der Waals surface area contributed by atoms with Crippen molar-refractivity contribution in [2.24, 2.45) is 0 Å². The first-order valence-corrected chi connectivity index (χ1v) is 7.29. The number of nitrogens with zero attached hydrogens (tertiary/aromatic N) is 1. The molecule has 0 N–H and O–H groups in total. The normalized spacial score (nSPS) is 19.5. The Hall–Kier alpha value is -0.340. The van der Waals surface area contributed by atoms with E-state index in [1.165, 1.54) is 0 Å². The predicted octanol–water partition coefficient (Wildman–Crippen LogP) is 5.71. The molecule has 0 aromatic heterocycles. The Morgan fingerprint density at radius 3 is 2.42 bits per heavy atom. The van der Waals surface area contributed by atoms with E-state index in [9.17, 15) is 0 Å². The van der Waals surface area contributed by atoms with Crippen LogP contribution in [0, 0.1) is 0 Å². The summed E-state index contributed by atoms with van der Waals surface area (Å²) >= 11 is 24.7. The minimum Gasteiger partial charge on any atom is -0.378 e. The molecule has 0 saturated carbocycles. The summed E-state index contributed by atoms with van der Waals surface area (Å²) in [6, 6.07) is 5.88. The molecule has 0 spiro atoms. The largest absolute Gasteiger partial charge is 0.378 e. The van der Waals surface area contributed by atoms with Crippen LogP contribution in [0.4, 0.5) is 5.69 Å². The van der Waals surface area contributed by atoms with Crippen LogP contribution in [0.25, 0.3) is 0 Å². The van der Waals surface area contributed by atoms with Gasteiger partial charge in [-0.25, -0.2) is 0 Å². The average Bonchev–Trinajstić information content (AvgIpc) is 2.34. The molecule has 1 aromatic carbocycles. The second-order valence-corrected chi connectivity index (χ2v) is 6.35. The van der Waals surface area contributed by atoms with Gasteiger partial charge in [0.15, 0.2) is 0 Å². The summed E-state index contributed by atoms with van der Waals surface area (Å²) in [6.45, 7) is 0. The quantitative estimate of drug-likeness (QED) is 0.669. The lowest BCUT2D eigenvalue weighted by molar-refractivity contribution is 0.823. The Bertz CT molecular complexity index is 561. The lowest BCUT2D eigenvalue weighted by atomic mass is 9.91. The van der Waals surface area contributed by atoms with Gasteiger partial charge in [0.2, 0.25) is 0 Å². The number of allylic oxidation sites excluding steroid dienone is 4. The third kappa shape index (κ3) is 3.22. The summed E-state index contributed by atoms with van der Waals surface area (Å²) in [6.07, 6.45) is 2.27. The Kier molecular flexibility index (Phi) is 4.73. The van der Waals surface area contributed by atoms with E-state index in [1.807, 2.05) is 37.2 Å². The molecule has 0 saturated heterocycles. The minimum atomic E-state index is -0.0379. The first-order valence-electron chi connectivity index (χ1n) is 5.78. The number of hydrogen-bond acceptors (Lipinski definition) is 1. The first-order chi connectivity index (χ1) is 8.90. The van der Waals surface area contributed by atoms with E-state index in [0.29, 0.717) is 26.5 Å². The van der Waals surface area contributed by atoms with Crippen molar-refractivity contribution in [1.29, 1.82) is 0 Å². The monoisotopic (exact) mass is 335 g/mol. The zero-order valence-corrected chi connectivity index (χ0v) is 13.6. The third-order valence-electron chi connectivity index (χ3n) is 3.11. The maximum Gasteiger partial charge on any atom is 0.0563 e. The van der Waals surface area contributed by atoms with Gasteiger partial charge in [-0.2, -0.15) is 0 Å². The molecule has 0 aliphatic heterocycles. The molecule has 1 unspecified atom stereocenters. The highest BCUT2D eigenvalue weighted by Crippen LogP contribution is 2.44. The van der Waals surface area contributed by atoms with Gasteiger partial charge in [-0.05, 0) is 36.3 Å². The van der Waals surface area contributed by atoms with Crippen LogP contribution in [0.5, 0.6) is 0 Å². The number of benzene rings is 1. The van der Waals surface area contributed by atoms with E-state index < -0.39 is 0 Å². The first kappa shape index (κ1) is 15.1. The van der Waals surface area contributed by atoms with Crippen molar-refractivity contribution in [1.82, 2.24) is 0 Å². The Labute approximate surface area is 133 Å². The van der Waals surface area contributed by atoms with Crippen molar-refractivity contribution < 1.29 is 0 Å². The molecule has 0 bridgehead atoms. The molecule has 0 fully saturated rings. The number of halogens is 4. The SMILES string of the molecule is CN(C)c1ccc(Cl)c(C2CC(Cl)=C(Cl)C=C2Cl)c1. The van der Waals surface area contributed by atoms with Crippen molar-refractivity contribution in [2.45, 2.75) is 12.3 Å². The molecule has 5 heteroatoms. The number of hydrogen-bond donors (Lipinski definition) is 0. The molecule has 1 aliphatic carbocycles. The fourth-order valence-corrected chi connectivity index (χ4v) is 3.02. The fourth-order valence-electron chi connectivity index (χ4n) is 2.01. The Balaban J connectivity index is 2.43.